The van der Waals surface area contributed by atoms with Gasteiger partial charge in [0.2, 0.25) is 0 Å². The maximum atomic E-state index is 12.3. The van der Waals surface area contributed by atoms with E-state index in [0.29, 0.717) is 35.8 Å². The molecule has 4 rings (SSSR count). The van der Waals surface area contributed by atoms with Crippen LogP contribution in [0, 0.1) is 17.8 Å². The number of hydrogen-bond donors (Lipinski definition) is 2. The highest BCUT2D eigenvalue weighted by atomic mass is 16.6. The van der Waals surface area contributed by atoms with Gasteiger partial charge < -0.3 is 20.5 Å². The molecule has 3 N–H and O–H groups in total. The fourth-order valence-electron chi connectivity index (χ4n) is 4.19. The van der Waals surface area contributed by atoms with Crippen LogP contribution < -0.4 is 5.73 Å². The molecule has 1 unspecified atom stereocenters. The van der Waals surface area contributed by atoms with E-state index in [4.69, 9.17) is 10.5 Å². The number of piperidine rings is 1. The van der Waals surface area contributed by atoms with Gasteiger partial charge in [0.25, 0.3) is 0 Å². The molecule has 3 heterocycles. The van der Waals surface area contributed by atoms with Crippen molar-refractivity contribution in [2.24, 2.45) is 5.92 Å². The number of nitrogens with zero attached hydrogens (tertiary/aromatic N) is 5. The van der Waals surface area contributed by atoms with Gasteiger partial charge in [0.15, 0.2) is 5.82 Å². The first-order valence-electron chi connectivity index (χ1n) is 12.1. The lowest BCUT2D eigenvalue weighted by atomic mass is 9.90. The molecule has 1 aromatic carbocycles. The van der Waals surface area contributed by atoms with Crippen molar-refractivity contribution in [2.45, 2.75) is 52.2 Å². The maximum Gasteiger partial charge on any atom is 0.410 e. The molecule has 1 aliphatic heterocycles. The molecule has 0 radical (unpaired) electrons. The summed E-state index contributed by atoms with van der Waals surface area (Å²) in [5, 5.41) is 22.7. The van der Waals surface area contributed by atoms with E-state index < -0.39 is 5.60 Å². The number of benzene rings is 1. The summed E-state index contributed by atoms with van der Waals surface area (Å²) < 4.78 is 7.43. The van der Waals surface area contributed by atoms with Crippen molar-refractivity contribution in [3.63, 3.8) is 0 Å². The molecule has 0 saturated carbocycles. The molecule has 188 valence electrons. The number of hydrogen-bond acceptors (Lipinski definition) is 7. The number of amides is 1. The first-order chi connectivity index (χ1) is 17.1. The molecule has 1 aliphatic rings. The number of anilines is 1. The third-order valence-corrected chi connectivity index (χ3v) is 6.24. The number of aromatic hydroxyl groups is 1. The largest absolute Gasteiger partial charge is 0.507 e. The van der Waals surface area contributed by atoms with Gasteiger partial charge >= 0.3 is 6.09 Å². The Bertz CT molecular complexity index is 1290. The number of ether oxygens (including phenoxy) is 1. The third-order valence-electron chi connectivity index (χ3n) is 6.24. The van der Waals surface area contributed by atoms with Gasteiger partial charge in [-0.2, -0.15) is 5.10 Å². The fraction of sp³-hybridized carbons (Fsp3) is 0.407. The molecule has 0 aliphatic carbocycles. The van der Waals surface area contributed by atoms with E-state index in [1.807, 2.05) is 37.7 Å². The Balaban J connectivity index is 1.41. The predicted octanol–water partition coefficient (Wildman–Crippen LogP) is 4.24. The van der Waals surface area contributed by atoms with Crippen molar-refractivity contribution < 1.29 is 14.6 Å². The van der Waals surface area contributed by atoms with Crippen molar-refractivity contribution in [1.82, 2.24) is 24.9 Å². The molecule has 36 heavy (non-hydrogen) atoms. The highest BCUT2D eigenvalue weighted by Crippen LogP contribution is 2.29. The summed E-state index contributed by atoms with van der Waals surface area (Å²) in [5.74, 6) is 6.89. The predicted molar refractivity (Wildman–Crippen MR) is 137 cm³/mol. The summed E-state index contributed by atoms with van der Waals surface area (Å²) in [5.41, 5.74) is 7.84. The van der Waals surface area contributed by atoms with Crippen LogP contribution in [0.5, 0.6) is 5.75 Å². The van der Waals surface area contributed by atoms with Gasteiger partial charge in [0, 0.05) is 24.8 Å². The second kappa shape index (κ2) is 10.3. The SMILES string of the molecule is CC(C1CCN(C(=O)OC(C)(C)C)CC1)n1cc(C#Cc2cc(-c3ccccc3O)nnc2N)cn1. The number of aromatic nitrogens is 4. The Kier molecular flexibility index (Phi) is 7.15. The van der Waals surface area contributed by atoms with Crippen LogP contribution in [0.15, 0.2) is 42.7 Å². The normalized spacial score (nSPS) is 15.2. The van der Waals surface area contributed by atoms with Crippen LogP contribution in [0.4, 0.5) is 10.6 Å². The lowest BCUT2D eigenvalue weighted by Crippen LogP contribution is -2.42. The van der Waals surface area contributed by atoms with Crippen LogP contribution in [0.25, 0.3) is 11.3 Å². The van der Waals surface area contributed by atoms with E-state index in [9.17, 15) is 9.90 Å². The monoisotopic (exact) mass is 488 g/mol. The number of carbonyl (C=O) groups excluding carboxylic acids is 1. The van der Waals surface area contributed by atoms with E-state index in [-0.39, 0.29) is 23.7 Å². The van der Waals surface area contributed by atoms with E-state index in [0.717, 1.165) is 18.4 Å². The van der Waals surface area contributed by atoms with E-state index in [2.05, 4.69) is 34.1 Å². The van der Waals surface area contributed by atoms with Gasteiger partial charge in [-0.15, -0.1) is 10.2 Å². The first-order valence-corrected chi connectivity index (χ1v) is 12.1. The van der Waals surface area contributed by atoms with Crippen LogP contribution in [0.3, 0.4) is 0 Å². The number of likely N-dealkylation sites (tertiary alicyclic amines) is 1. The molecular formula is C27H32N6O3. The van der Waals surface area contributed by atoms with Gasteiger partial charge in [-0.3, -0.25) is 4.68 Å². The topological polar surface area (TPSA) is 119 Å². The number of nitrogen functional groups attached to an aromatic ring is 1. The van der Waals surface area contributed by atoms with Crippen LogP contribution in [0.2, 0.25) is 0 Å². The quantitative estimate of drug-likeness (QED) is 0.529. The summed E-state index contributed by atoms with van der Waals surface area (Å²) in [6, 6.07) is 8.80. The second-order valence-corrected chi connectivity index (χ2v) is 10.1. The number of phenols is 1. The molecule has 3 aromatic rings. The van der Waals surface area contributed by atoms with Gasteiger partial charge in [-0.25, -0.2) is 4.79 Å². The zero-order chi connectivity index (χ0) is 25.9. The van der Waals surface area contributed by atoms with Crippen LogP contribution >= 0.6 is 0 Å². The number of rotatable bonds is 3. The molecule has 0 bridgehead atoms. The Morgan fingerprint density at radius 2 is 1.92 bits per heavy atom. The lowest BCUT2D eigenvalue weighted by Gasteiger charge is -2.35. The highest BCUT2D eigenvalue weighted by molar-refractivity contribution is 5.69. The summed E-state index contributed by atoms with van der Waals surface area (Å²) in [6.45, 7) is 9.12. The zero-order valence-electron chi connectivity index (χ0n) is 21.1. The fourth-order valence-corrected chi connectivity index (χ4v) is 4.19. The lowest BCUT2D eigenvalue weighted by molar-refractivity contribution is 0.0163. The summed E-state index contributed by atoms with van der Waals surface area (Å²) in [6.07, 6.45) is 5.17. The highest BCUT2D eigenvalue weighted by Gasteiger charge is 2.30. The zero-order valence-corrected chi connectivity index (χ0v) is 21.1. The molecule has 9 nitrogen and oxygen atoms in total. The van der Waals surface area contributed by atoms with Gasteiger partial charge in [-0.1, -0.05) is 24.0 Å². The van der Waals surface area contributed by atoms with Gasteiger partial charge in [0.1, 0.15) is 11.4 Å². The number of carbonyl (C=O) groups is 1. The Morgan fingerprint density at radius 3 is 2.61 bits per heavy atom. The number of para-hydroxylation sites is 1. The molecular weight excluding hydrogens is 456 g/mol. The standard InChI is InChI=1S/C27H32N6O3/c1-18(20-11-13-32(14-12-20)26(35)36-27(2,3)4)33-17-19(16-29-33)9-10-21-15-23(30-31-25(21)28)22-7-5-6-8-24(22)34/h5-8,15-18,20,34H,11-14H2,1-4H3,(H2,28,31). The van der Waals surface area contributed by atoms with E-state index in [1.54, 1.807) is 35.4 Å². The Labute approximate surface area is 211 Å². The third kappa shape index (κ3) is 5.95. The molecule has 9 heteroatoms. The van der Waals surface area contributed by atoms with E-state index >= 15 is 0 Å². The van der Waals surface area contributed by atoms with Crippen molar-refractivity contribution >= 4 is 11.9 Å². The Hall–Kier alpha value is -4.06. The van der Waals surface area contributed by atoms with Crippen molar-refractivity contribution in [3.05, 3.63) is 53.9 Å². The summed E-state index contributed by atoms with van der Waals surface area (Å²) >= 11 is 0. The van der Waals surface area contributed by atoms with Crippen molar-refractivity contribution in [1.29, 1.82) is 0 Å². The molecule has 1 saturated heterocycles. The maximum absolute atomic E-state index is 12.3. The minimum atomic E-state index is -0.490. The minimum Gasteiger partial charge on any atom is -0.507 e. The van der Waals surface area contributed by atoms with Gasteiger partial charge in [0.05, 0.1) is 29.1 Å². The average molecular weight is 489 g/mol. The van der Waals surface area contributed by atoms with Crippen LogP contribution in [-0.2, 0) is 4.74 Å². The average Bonchev–Trinajstić information content (AvgIpc) is 3.32. The van der Waals surface area contributed by atoms with Gasteiger partial charge in [-0.05, 0) is 64.7 Å². The van der Waals surface area contributed by atoms with Crippen LogP contribution in [-0.4, -0.2) is 54.8 Å². The van der Waals surface area contributed by atoms with E-state index in [1.165, 1.54) is 0 Å². The first kappa shape index (κ1) is 25.0. The second-order valence-electron chi connectivity index (χ2n) is 10.1. The molecule has 0 spiro atoms. The number of phenolic OH excluding ortho intramolecular Hbond substituents is 1. The molecule has 1 amide bonds. The summed E-state index contributed by atoms with van der Waals surface area (Å²) in [7, 11) is 0. The van der Waals surface area contributed by atoms with Crippen molar-refractivity contribution in [2.75, 3.05) is 18.8 Å². The molecule has 1 fully saturated rings. The molecule has 2 aromatic heterocycles. The minimum absolute atomic E-state index is 0.114. The molecule has 1 atom stereocenters. The summed E-state index contributed by atoms with van der Waals surface area (Å²) in [4.78, 5) is 14.1. The van der Waals surface area contributed by atoms with Crippen molar-refractivity contribution in [3.8, 4) is 28.8 Å². The Morgan fingerprint density at radius 1 is 1.19 bits per heavy atom. The number of nitrogens with two attached hydrogens (primary N) is 1. The smallest absolute Gasteiger partial charge is 0.410 e. The van der Waals surface area contributed by atoms with Crippen LogP contribution in [0.1, 0.15) is 57.7 Å².